The average molecular weight is 720 g/mol. The molecule has 0 bridgehead atoms. The molecule has 8 aromatic rings. The van der Waals surface area contributed by atoms with Crippen molar-refractivity contribution in [3.63, 3.8) is 0 Å². The predicted octanol–water partition coefficient (Wildman–Crippen LogP) is 13.0. The van der Waals surface area contributed by atoms with Crippen LogP contribution in [0.2, 0.25) is 0 Å². The Bertz CT molecular complexity index is 2840. The van der Waals surface area contributed by atoms with Gasteiger partial charge in [0.15, 0.2) is 17.5 Å². The Labute approximate surface area is 328 Å². The number of hydrogen-bond acceptors (Lipinski definition) is 3. The third kappa shape index (κ3) is 4.87. The van der Waals surface area contributed by atoms with Gasteiger partial charge in [-0.3, -0.25) is 0 Å². The van der Waals surface area contributed by atoms with Crippen LogP contribution >= 0.6 is 0 Å². The fourth-order valence-electron chi connectivity index (χ4n) is 9.78. The summed E-state index contributed by atoms with van der Waals surface area (Å²) in [5.74, 6) is 1.97. The lowest BCUT2D eigenvalue weighted by molar-refractivity contribution is 0.560. The van der Waals surface area contributed by atoms with Crippen LogP contribution in [0.5, 0.6) is 0 Å². The van der Waals surface area contributed by atoms with E-state index in [2.05, 4.69) is 167 Å². The summed E-state index contributed by atoms with van der Waals surface area (Å²) in [4.78, 5) is 15.2. The normalized spacial score (nSPS) is 16.6. The number of fused-ring (bicyclic) bond motifs is 7. The minimum absolute atomic E-state index is 0.282. The van der Waals surface area contributed by atoms with Gasteiger partial charge in [0, 0.05) is 22.1 Å². The van der Waals surface area contributed by atoms with E-state index in [9.17, 15) is 0 Å². The summed E-state index contributed by atoms with van der Waals surface area (Å²) >= 11 is 0. The van der Waals surface area contributed by atoms with E-state index in [1.54, 1.807) is 0 Å². The van der Waals surface area contributed by atoms with Crippen molar-refractivity contribution in [2.75, 3.05) is 0 Å². The number of allylic oxidation sites excluding steroid dienone is 4. The van der Waals surface area contributed by atoms with Gasteiger partial charge in [-0.2, -0.15) is 0 Å². The van der Waals surface area contributed by atoms with E-state index in [0.29, 0.717) is 17.5 Å². The molecule has 268 valence electrons. The molecule has 10 rings (SSSR count). The fourth-order valence-corrected chi connectivity index (χ4v) is 9.78. The first kappa shape index (κ1) is 33.8. The van der Waals surface area contributed by atoms with Gasteiger partial charge in [0.05, 0.1) is 5.41 Å². The predicted molar refractivity (Wildman–Crippen MR) is 231 cm³/mol. The number of benzene rings is 7. The van der Waals surface area contributed by atoms with E-state index >= 15 is 0 Å². The van der Waals surface area contributed by atoms with Crippen LogP contribution in [0.25, 0.3) is 61.6 Å². The Kier molecular flexibility index (Phi) is 7.83. The second-order valence-corrected chi connectivity index (χ2v) is 15.5. The van der Waals surface area contributed by atoms with Crippen LogP contribution in [0, 0.1) is 0 Å². The Hall–Kier alpha value is -6.71. The molecule has 0 aliphatic heterocycles. The standard InChI is InChI=1S/C53H41N3/c1-5-19-37-34(2)53(44-28-15-14-26-41(37)44)46-30-17-16-29-45(46)52(3,4)48-42(27-18-31-47(48)53)40-32-33-43(39-25-13-12-24-38(39)40)51-55-49(35-20-8-6-9-21-35)54-50(56-51)36-22-10-7-11-23-36/h5-33H,1-4H3/b19-5-. The van der Waals surface area contributed by atoms with E-state index in [1.807, 2.05) is 36.4 Å². The third-order valence-electron chi connectivity index (χ3n) is 12.2. The summed E-state index contributed by atoms with van der Waals surface area (Å²) in [6.45, 7) is 9.29. The van der Waals surface area contributed by atoms with E-state index in [4.69, 9.17) is 15.0 Å². The molecule has 0 amide bonds. The second kappa shape index (κ2) is 13.0. The Morgan fingerprint density at radius 3 is 1.59 bits per heavy atom. The molecule has 1 atom stereocenters. The fraction of sp³-hybridized carbons (Fsp3) is 0.113. The molecule has 7 aromatic carbocycles. The van der Waals surface area contributed by atoms with Crippen LogP contribution in [-0.4, -0.2) is 15.0 Å². The molecular formula is C53H41N3. The zero-order valence-electron chi connectivity index (χ0n) is 32.1. The van der Waals surface area contributed by atoms with Crippen molar-refractivity contribution in [2.24, 2.45) is 0 Å². The van der Waals surface area contributed by atoms with E-state index in [-0.39, 0.29) is 5.41 Å². The van der Waals surface area contributed by atoms with E-state index in [1.165, 1.54) is 61.0 Å². The van der Waals surface area contributed by atoms with Crippen molar-refractivity contribution >= 4 is 16.3 Å². The second-order valence-electron chi connectivity index (χ2n) is 15.5. The quantitative estimate of drug-likeness (QED) is 0.178. The number of hydrogen-bond donors (Lipinski definition) is 0. The maximum Gasteiger partial charge on any atom is 0.164 e. The summed E-state index contributed by atoms with van der Waals surface area (Å²) in [5, 5.41) is 2.27. The van der Waals surface area contributed by atoms with Crippen molar-refractivity contribution in [2.45, 2.75) is 38.5 Å². The summed E-state index contributed by atoms with van der Waals surface area (Å²) < 4.78 is 0. The van der Waals surface area contributed by atoms with Crippen LogP contribution < -0.4 is 0 Å². The van der Waals surface area contributed by atoms with Gasteiger partial charge in [0.1, 0.15) is 0 Å². The Balaban J connectivity index is 1.24. The molecule has 1 unspecified atom stereocenters. The van der Waals surface area contributed by atoms with Crippen LogP contribution in [0.1, 0.15) is 61.1 Å². The first-order chi connectivity index (χ1) is 27.4. The maximum atomic E-state index is 5.14. The monoisotopic (exact) mass is 719 g/mol. The van der Waals surface area contributed by atoms with Crippen molar-refractivity contribution < 1.29 is 0 Å². The highest BCUT2D eigenvalue weighted by Crippen LogP contribution is 2.62. The molecule has 2 aliphatic rings. The summed E-state index contributed by atoms with van der Waals surface area (Å²) in [5.41, 5.74) is 15.4. The molecule has 0 fully saturated rings. The van der Waals surface area contributed by atoms with Gasteiger partial charge in [-0.1, -0.05) is 184 Å². The molecule has 1 heterocycles. The Morgan fingerprint density at radius 2 is 0.929 bits per heavy atom. The van der Waals surface area contributed by atoms with Gasteiger partial charge < -0.3 is 0 Å². The molecule has 0 radical (unpaired) electrons. The van der Waals surface area contributed by atoms with E-state index in [0.717, 1.165) is 22.1 Å². The highest BCUT2D eigenvalue weighted by molar-refractivity contribution is 6.05. The summed E-state index contributed by atoms with van der Waals surface area (Å²) in [6.07, 6.45) is 4.48. The van der Waals surface area contributed by atoms with Crippen molar-refractivity contribution in [1.82, 2.24) is 15.0 Å². The molecule has 2 aliphatic carbocycles. The van der Waals surface area contributed by atoms with Crippen molar-refractivity contribution in [1.29, 1.82) is 0 Å². The molecule has 0 saturated heterocycles. The van der Waals surface area contributed by atoms with Crippen molar-refractivity contribution in [3.05, 3.63) is 215 Å². The summed E-state index contributed by atoms with van der Waals surface area (Å²) in [7, 11) is 0. The van der Waals surface area contributed by atoms with Crippen LogP contribution in [0.4, 0.5) is 0 Å². The van der Waals surface area contributed by atoms with Crippen LogP contribution in [-0.2, 0) is 10.8 Å². The minimum Gasteiger partial charge on any atom is -0.208 e. The molecular weight excluding hydrogens is 679 g/mol. The lowest BCUT2D eigenvalue weighted by Gasteiger charge is -2.48. The van der Waals surface area contributed by atoms with Gasteiger partial charge in [0.25, 0.3) is 0 Å². The molecule has 56 heavy (non-hydrogen) atoms. The summed E-state index contributed by atoms with van der Waals surface area (Å²) in [6, 6.07) is 58.8. The highest BCUT2D eigenvalue weighted by Gasteiger charge is 2.53. The third-order valence-corrected chi connectivity index (χ3v) is 12.2. The maximum absolute atomic E-state index is 5.14. The Morgan fingerprint density at radius 1 is 0.429 bits per heavy atom. The molecule has 0 N–H and O–H groups in total. The zero-order valence-corrected chi connectivity index (χ0v) is 32.1. The molecule has 1 aromatic heterocycles. The van der Waals surface area contributed by atoms with Crippen LogP contribution in [0.3, 0.4) is 0 Å². The molecule has 3 heteroatoms. The van der Waals surface area contributed by atoms with Crippen molar-refractivity contribution in [3.8, 4) is 45.3 Å². The number of aromatic nitrogens is 3. The first-order valence-electron chi connectivity index (χ1n) is 19.5. The first-order valence-corrected chi connectivity index (χ1v) is 19.5. The van der Waals surface area contributed by atoms with Gasteiger partial charge in [0.2, 0.25) is 0 Å². The number of rotatable bonds is 5. The molecule has 1 spiro atoms. The average Bonchev–Trinajstić information content (AvgIpc) is 3.50. The molecule has 0 saturated carbocycles. The van der Waals surface area contributed by atoms with Gasteiger partial charge in [-0.05, 0) is 86.3 Å². The smallest absolute Gasteiger partial charge is 0.164 e. The van der Waals surface area contributed by atoms with Gasteiger partial charge in [-0.15, -0.1) is 0 Å². The van der Waals surface area contributed by atoms with Gasteiger partial charge in [-0.25, -0.2) is 15.0 Å². The molecule has 3 nitrogen and oxygen atoms in total. The lowest BCUT2D eigenvalue weighted by Crippen LogP contribution is -2.41. The van der Waals surface area contributed by atoms with E-state index < -0.39 is 5.41 Å². The highest BCUT2D eigenvalue weighted by atomic mass is 15.0. The van der Waals surface area contributed by atoms with Gasteiger partial charge >= 0.3 is 0 Å². The largest absolute Gasteiger partial charge is 0.208 e. The topological polar surface area (TPSA) is 38.7 Å². The SMILES string of the molecule is C/C=C\C1=C(C)C2(c3ccccc31)c1ccccc1C(C)(C)c1c(-c3ccc(-c4nc(-c5ccccc5)nc(-c5ccccc5)n4)c4ccccc34)cccc12. The minimum atomic E-state index is -0.425. The van der Waals surface area contributed by atoms with Crippen LogP contribution in [0.15, 0.2) is 182 Å². The lowest BCUT2D eigenvalue weighted by atomic mass is 9.54. The zero-order chi connectivity index (χ0) is 38.0. The number of nitrogens with zero attached hydrogens (tertiary/aromatic N) is 3.